The summed E-state index contributed by atoms with van der Waals surface area (Å²) in [5, 5.41) is 0. The van der Waals surface area contributed by atoms with Crippen LogP contribution in [0.2, 0.25) is 0 Å². The van der Waals surface area contributed by atoms with Crippen LogP contribution in [0, 0.1) is 6.92 Å². The molecule has 0 unspecified atom stereocenters. The number of amides is 1. The number of aryl methyl sites for hydroxylation is 1. The number of anilines is 1. The molecule has 106 valence electrons. The number of imidazole rings is 1. The molecule has 0 spiro atoms. The number of benzene rings is 1. The van der Waals surface area contributed by atoms with Gasteiger partial charge in [-0.05, 0) is 30.2 Å². The van der Waals surface area contributed by atoms with Crippen LogP contribution in [-0.2, 0) is 6.54 Å². The molecule has 0 aliphatic rings. The average molecular weight is 282 g/mol. The molecule has 0 aliphatic carbocycles. The first-order chi connectivity index (χ1) is 10.1. The maximum Gasteiger partial charge on any atom is 0.248 e. The van der Waals surface area contributed by atoms with Crippen LogP contribution in [0.4, 0.5) is 5.82 Å². The molecule has 0 aliphatic heterocycles. The van der Waals surface area contributed by atoms with Crippen molar-refractivity contribution < 1.29 is 4.79 Å². The molecule has 7 heteroatoms. The molecule has 3 aromatic rings. The highest BCUT2D eigenvalue weighted by Crippen LogP contribution is 2.18. The second-order valence-electron chi connectivity index (χ2n) is 4.81. The zero-order valence-corrected chi connectivity index (χ0v) is 11.4. The molecule has 0 fully saturated rings. The highest BCUT2D eigenvalue weighted by Gasteiger charge is 2.10. The van der Waals surface area contributed by atoms with Gasteiger partial charge in [0.2, 0.25) is 5.91 Å². The number of rotatable bonds is 3. The second-order valence-corrected chi connectivity index (χ2v) is 4.81. The van der Waals surface area contributed by atoms with Gasteiger partial charge in [0.1, 0.15) is 11.8 Å². The lowest BCUT2D eigenvalue weighted by Gasteiger charge is -2.08. The molecule has 7 nitrogen and oxygen atoms in total. The van der Waals surface area contributed by atoms with E-state index in [1.54, 1.807) is 18.5 Å². The summed E-state index contributed by atoms with van der Waals surface area (Å²) in [6.45, 7) is 2.52. The van der Waals surface area contributed by atoms with Crippen molar-refractivity contribution in [1.29, 1.82) is 0 Å². The lowest BCUT2D eigenvalue weighted by atomic mass is 10.0. The van der Waals surface area contributed by atoms with Gasteiger partial charge in [-0.1, -0.05) is 6.07 Å². The molecule has 21 heavy (non-hydrogen) atoms. The number of aromatic nitrogens is 4. The molecule has 0 saturated heterocycles. The van der Waals surface area contributed by atoms with E-state index >= 15 is 0 Å². The fourth-order valence-corrected chi connectivity index (χ4v) is 2.22. The highest BCUT2D eigenvalue weighted by molar-refractivity contribution is 5.93. The van der Waals surface area contributed by atoms with Gasteiger partial charge in [-0.2, -0.15) is 0 Å². The number of nitrogens with zero attached hydrogens (tertiary/aromatic N) is 4. The Morgan fingerprint density at radius 2 is 2.10 bits per heavy atom. The van der Waals surface area contributed by atoms with Gasteiger partial charge in [0.15, 0.2) is 11.5 Å². The molecule has 0 bridgehead atoms. The Hall–Kier alpha value is -2.96. The number of fused-ring (bicyclic) bond motifs is 1. The fraction of sp³-hybridized carbons (Fsp3) is 0.143. The second kappa shape index (κ2) is 4.86. The van der Waals surface area contributed by atoms with Crippen molar-refractivity contribution in [3.8, 4) is 0 Å². The van der Waals surface area contributed by atoms with Crippen LogP contribution in [0.25, 0.3) is 11.2 Å². The van der Waals surface area contributed by atoms with Crippen molar-refractivity contribution >= 4 is 22.9 Å². The van der Waals surface area contributed by atoms with Crippen LogP contribution in [0.5, 0.6) is 0 Å². The maximum atomic E-state index is 11.2. The van der Waals surface area contributed by atoms with Crippen LogP contribution < -0.4 is 11.5 Å². The van der Waals surface area contributed by atoms with Crippen LogP contribution >= 0.6 is 0 Å². The molecular weight excluding hydrogens is 268 g/mol. The van der Waals surface area contributed by atoms with Crippen molar-refractivity contribution in [2.24, 2.45) is 5.73 Å². The summed E-state index contributed by atoms with van der Waals surface area (Å²) in [5.41, 5.74) is 14.8. The Bertz CT molecular complexity index is 839. The SMILES string of the molecule is Cc1cc(C(N)=O)ccc1Cn1cnc2c(N)ncnc21. The van der Waals surface area contributed by atoms with E-state index in [1.165, 1.54) is 6.33 Å². The average Bonchev–Trinajstić information content (AvgIpc) is 2.85. The number of hydrogen-bond acceptors (Lipinski definition) is 5. The summed E-state index contributed by atoms with van der Waals surface area (Å²) in [6.07, 6.45) is 3.09. The Morgan fingerprint density at radius 3 is 2.81 bits per heavy atom. The first-order valence-electron chi connectivity index (χ1n) is 6.37. The lowest BCUT2D eigenvalue weighted by molar-refractivity contribution is 0.1000. The maximum absolute atomic E-state index is 11.2. The number of primary amides is 1. The highest BCUT2D eigenvalue weighted by atomic mass is 16.1. The van der Waals surface area contributed by atoms with E-state index in [2.05, 4.69) is 15.0 Å². The van der Waals surface area contributed by atoms with Crippen LogP contribution in [0.15, 0.2) is 30.9 Å². The van der Waals surface area contributed by atoms with Gasteiger partial charge in [0.25, 0.3) is 0 Å². The van der Waals surface area contributed by atoms with E-state index in [9.17, 15) is 4.79 Å². The summed E-state index contributed by atoms with van der Waals surface area (Å²) in [6, 6.07) is 5.37. The Labute approximate surface area is 120 Å². The monoisotopic (exact) mass is 282 g/mol. The third-order valence-electron chi connectivity index (χ3n) is 3.40. The van der Waals surface area contributed by atoms with Crippen LogP contribution in [-0.4, -0.2) is 25.4 Å². The van der Waals surface area contributed by atoms with Gasteiger partial charge in [-0.3, -0.25) is 4.79 Å². The number of carbonyl (C=O) groups excluding carboxylic acids is 1. The largest absolute Gasteiger partial charge is 0.382 e. The van der Waals surface area contributed by atoms with E-state index in [0.29, 0.717) is 29.1 Å². The molecule has 0 radical (unpaired) electrons. The summed E-state index contributed by atoms with van der Waals surface area (Å²) in [5.74, 6) is -0.0715. The van der Waals surface area contributed by atoms with Crippen LogP contribution in [0.3, 0.4) is 0 Å². The van der Waals surface area contributed by atoms with Gasteiger partial charge in [-0.25, -0.2) is 15.0 Å². The zero-order valence-electron chi connectivity index (χ0n) is 11.4. The first kappa shape index (κ1) is 13.0. The van der Waals surface area contributed by atoms with E-state index in [4.69, 9.17) is 11.5 Å². The van der Waals surface area contributed by atoms with E-state index < -0.39 is 5.91 Å². The molecule has 0 saturated carbocycles. The molecule has 2 aromatic heterocycles. The standard InChI is InChI=1S/C14H14N6O/c1-8-4-9(13(16)21)2-3-10(8)5-20-7-19-11-12(15)17-6-18-14(11)20/h2-4,6-7H,5H2,1H3,(H2,16,21)(H2,15,17,18). The third kappa shape index (κ3) is 2.29. The zero-order chi connectivity index (χ0) is 15.0. The van der Waals surface area contributed by atoms with E-state index in [0.717, 1.165) is 11.1 Å². The van der Waals surface area contributed by atoms with E-state index in [1.807, 2.05) is 17.6 Å². The van der Waals surface area contributed by atoms with Gasteiger partial charge in [-0.15, -0.1) is 0 Å². The molecule has 3 rings (SSSR count). The third-order valence-corrected chi connectivity index (χ3v) is 3.40. The Balaban J connectivity index is 1.99. The predicted molar refractivity (Wildman–Crippen MR) is 78.5 cm³/mol. The van der Waals surface area contributed by atoms with Crippen LogP contribution in [0.1, 0.15) is 21.5 Å². The van der Waals surface area contributed by atoms with Crippen molar-refractivity contribution in [1.82, 2.24) is 19.5 Å². The van der Waals surface area contributed by atoms with Crippen molar-refractivity contribution in [2.75, 3.05) is 5.73 Å². The van der Waals surface area contributed by atoms with Gasteiger partial charge >= 0.3 is 0 Å². The minimum Gasteiger partial charge on any atom is -0.382 e. The smallest absolute Gasteiger partial charge is 0.248 e. The summed E-state index contributed by atoms with van der Waals surface area (Å²) >= 11 is 0. The summed E-state index contributed by atoms with van der Waals surface area (Å²) < 4.78 is 1.89. The predicted octanol–water partition coefficient (Wildman–Crippen LogP) is 0.864. The molecule has 0 atom stereocenters. The molecule has 4 N–H and O–H groups in total. The Morgan fingerprint density at radius 1 is 1.29 bits per heavy atom. The molecule has 2 heterocycles. The molecule has 1 aromatic carbocycles. The van der Waals surface area contributed by atoms with Crippen molar-refractivity contribution in [3.05, 3.63) is 47.5 Å². The first-order valence-corrected chi connectivity index (χ1v) is 6.37. The quantitative estimate of drug-likeness (QED) is 0.740. The summed E-state index contributed by atoms with van der Waals surface area (Å²) in [7, 11) is 0. The number of nitrogen functional groups attached to an aromatic ring is 1. The van der Waals surface area contributed by atoms with E-state index in [-0.39, 0.29) is 0 Å². The van der Waals surface area contributed by atoms with Gasteiger partial charge < -0.3 is 16.0 Å². The topological polar surface area (TPSA) is 113 Å². The summed E-state index contributed by atoms with van der Waals surface area (Å²) in [4.78, 5) is 23.5. The van der Waals surface area contributed by atoms with Crippen molar-refractivity contribution in [3.63, 3.8) is 0 Å². The minimum absolute atomic E-state index is 0.361. The lowest BCUT2D eigenvalue weighted by Crippen LogP contribution is -2.11. The number of carbonyl (C=O) groups is 1. The molecule has 1 amide bonds. The number of hydrogen-bond donors (Lipinski definition) is 2. The van der Waals surface area contributed by atoms with Gasteiger partial charge in [0, 0.05) is 5.56 Å². The minimum atomic E-state index is -0.432. The van der Waals surface area contributed by atoms with Crippen molar-refractivity contribution in [2.45, 2.75) is 13.5 Å². The Kier molecular flexibility index (Phi) is 3.02. The van der Waals surface area contributed by atoms with Gasteiger partial charge in [0.05, 0.1) is 12.9 Å². The normalized spacial score (nSPS) is 10.9. The molecular formula is C14H14N6O. The number of nitrogens with two attached hydrogens (primary N) is 2. The fourth-order valence-electron chi connectivity index (χ4n) is 2.22.